The average Bonchev–Trinajstić information content (AvgIpc) is 2.84. The second kappa shape index (κ2) is 17.1. The lowest BCUT2D eigenvalue weighted by atomic mass is 10.1. The summed E-state index contributed by atoms with van der Waals surface area (Å²) in [5.41, 5.74) is 0.861. The van der Waals surface area contributed by atoms with E-state index in [1.54, 1.807) is 24.5 Å². The van der Waals surface area contributed by atoms with Gasteiger partial charge in [0.1, 0.15) is 5.75 Å². The van der Waals surface area contributed by atoms with Crippen LogP contribution in [0.15, 0.2) is 36.7 Å². The molecule has 6 heteroatoms. The van der Waals surface area contributed by atoms with Crippen LogP contribution < -0.4 is 9.47 Å². The van der Waals surface area contributed by atoms with Gasteiger partial charge in [0.15, 0.2) is 11.6 Å². The van der Waals surface area contributed by atoms with E-state index < -0.39 is 0 Å². The lowest BCUT2D eigenvalue weighted by molar-refractivity contribution is -0.134. The van der Waals surface area contributed by atoms with E-state index in [0.717, 1.165) is 63.7 Å². The van der Waals surface area contributed by atoms with Gasteiger partial charge in [-0.2, -0.15) is 0 Å². The predicted molar refractivity (Wildman–Crippen MR) is 132 cm³/mol. The van der Waals surface area contributed by atoms with Crippen LogP contribution in [0.3, 0.4) is 0 Å². The quantitative estimate of drug-likeness (QED) is 0.140. The third-order valence-electron chi connectivity index (χ3n) is 5.30. The summed E-state index contributed by atoms with van der Waals surface area (Å²) in [6.45, 7) is 6.64. The van der Waals surface area contributed by atoms with Crippen LogP contribution >= 0.6 is 0 Å². The van der Waals surface area contributed by atoms with Gasteiger partial charge in [-0.25, -0.2) is 9.97 Å². The minimum Gasteiger partial charge on any atom is -0.490 e. The van der Waals surface area contributed by atoms with Gasteiger partial charge in [-0.05, 0) is 49.9 Å². The molecule has 1 heterocycles. The molecule has 0 atom stereocenters. The zero-order valence-electron chi connectivity index (χ0n) is 20.4. The van der Waals surface area contributed by atoms with Crippen molar-refractivity contribution >= 4 is 5.97 Å². The highest BCUT2D eigenvalue weighted by Gasteiger charge is 2.07. The van der Waals surface area contributed by atoms with E-state index in [2.05, 4.69) is 23.8 Å². The molecule has 0 spiro atoms. The molecule has 6 nitrogen and oxygen atoms in total. The third kappa shape index (κ3) is 11.8. The number of hydrogen-bond donors (Lipinski definition) is 0. The Hall–Kier alpha value is -2.47. The molecule has 0 N–H and O–H groups in total. The topological polar surface area (TPSA) is 70.5 Å². The van der Waals surface area contributed by atoms with Crippen molar-refractivity contribution in [3.63, 3.8) is 0 Å². The van der Waals surface area contributed by atoms with Crippen LogP contribution in [0.4, 0.5) is 0 Å². The first-order valence-corrected chi connectivity index (χ1v) is 12.6. The molecule has 0 unspecified atom stereocenters. The number of benzene rings is 1. The molecule has 0 radical (unpaired) electrons. The predicted octanol–water partition coefficient (Wildman–Crippen LogP) is 6.78. The molecule has 1 aromatic heterocycles. The number of unbranched alkanes of at least 4 members (excludes halogenated alkanes) is 7. The molecular formula is C27H40N2O4. The zero-order valence-corrected chi connectivity index (χ0v) is 20.4. The molecule has 182 valence electrons. The van der Waals surface area contributed by atoms with Gasteiger partial charge in [0.05, 0.1) is 19.0 Å². The molecule has 0 bridgehead atoms. The molecule has 0 aliphatic rings. The highest BCUT2D eigenvalue weighted by molar-refractivity contribution is 5.72. The van der Waals surface area contributed by atoms with Crippen molar-refractivity contribution in [3.8, 4) is 22.9 Å². The maximum absolute atomic E-state index is 11.9. The van der Waals surface area contributed by atoms with Crippen LogP contribution in [0.1, 0.15) is 84.5 Å². The zero-order chi connectivity index (χ0) is 23.6. The van der Waals surface area contributed by atoms with Crippen LogP contribution in [-0.4, -0.2) is 35.8 Å². The third-order valence-corrected chi connectivity index (χ3v) is 5.30. The Balaban J connectivity index is 1.64. The van der Waals surface area contributed by atoms with E-state index in [1.807, 2.05) is 12.1 Å². The SMILES string of the molecule is CCCCCCOCCCCOc1cnc(-c2ccc(OC(=O)CCCCCC)cc2)nc1. The van der Waals surface area contributed by atoms with Gasteiger partial charge >= 0.3 is 5.97 Å². The van der Waals surface area contributed by atoms with Crippen LogP contribution in [0.25, 0.3) is 11.4 Å². The van der Waals surface area contributed by atoms with Crippen LogP contribution in [0.5, 0.6) is 11.5 Å². The molecule has 0 saturated heterocycles. The van der Waals surface area contributed by atoms with Crippen molar-refractivity contribution < 1.29 is 19.0 Å². The van der Waals surface area contributed by atoms with Crippen LogP contribution in [-0.2, 0) is 9.53 Å². The Kier molecular flexibility index (Phi) is 13.8. The summed E-state index contributed by atoms with van der Waals surface area (Å²) in [4.78, 5) is 20.7. The van der Waals surface area contributed by atoms with Gasteiger partial charge in [0.25, 0.3) is 0 Å². The maximum Gasteiger partial charge on any atom is 0.311 e. The number of carbonyl (C=O) groups is 1. The Morgan fingerprint density at radius 1 is 0.727 bits per heavy atom. The van der Waals surface area contributed by atoms with Crippen LogP contribution in [0.2, 0.25) is 0 Å². The van der Waals surface area contributed by atoms with Crippen LogP contribution in [0, 0.1) is 0 Å². The standard InChI is InChI=1S/C27H40N2O4/c1-3-5-7-9-13-26(30)33-24-16-14-23(15-17-24)27-28-21-25(22-29-27)32-20-12-11-19-31-18-10-8-6-4-2/h14-17,21-22H,3-13,18-20H2,1-2H3. The Morgan fingerprint density at radius 3 is 2.00 bits per heavy atom. The molecule has 0 fully saturated rings. The molecule has 0 aliphatic heterocycles. The molecule has 2 rings (SSSR count). The normalized spacial score (nSPS) is 10.8. The van der Waals surface area contributed by atoms with Gasteiger partial charge in [0.2, 0.25) is 0 Å². The van der Waals surface area contributed by atoms with Crippen molar-refractivity contribution in [1.29, 1.82) is 0 Å². The minimum absolute atomic E-state index is 0.185. The maximum atomic E-state index is 11.9. The lowest BCUT2D eigenvalue weighted by Crippen LogP contribution is -2.07. The molecule has 1 aromatic carbocycles. The van der Waals surface area contributed by atoms with Gasteiger partial charge in [0, 0.05) is 25.2 Å². The first-order chi connectivity index (χ1) is 16.2. The summed E-state index contributed by atoms with van der Waals surface area (Å²) in [6.07, 6.45) is 15.0. The number of ether oxygens (including phenoxy) is 3. The summed E-state index contributed by atoms with van der Waals surface area (Å²) < 4.78 is 16.8. The summed E-state index contributed by atoms with van der Waals surface area (Å²) in [5.74, 6) is 1.63. The van der Waals surface area contributed by atoms with E-state index >= 15 is 0 Å². The molecule has 0 saturated carbocycles. The monoisotopic (exact) mass is 456 g/mol. The van der Waals surface area contributed by atoms with E-state index in [4.69, 9.17) is 14.2 Å². The van der Waals surface area contributed by atoms with Gasteiger partial charge in [-0.15, -0.1) is 0 Å². The van der Waals surface area contributed by atoms with Crippen molar-refractivity contribution in [1.82, 2.24) is 9.97 Å². The number of hydrogen-bond acceptors (Lipinski definition) is 6. The summed E-state index contributed by atoms with van der Waals surface area (Å²) in [5, 5.41) is 0. The number of carbonyl (C=O) groups excluding carboxylic acids is 1. The smallest absolute Gasteiger partial charge is 0.311 e. The summed E-state index contributed by atoms with van der Waals surface area (Å²) in [7, 11) is 0. The fourth-order valence-electron chi connectivity index (χ4n) is 3.32. The van der Waals surface area contributed by atoms with E-state index in [9.17, 15) is 4.79 Å². The number of esters is 1. The number of aromatic nitrogens is 2. The van der Waals surface area contributed by atoms with Crippen molar-refractivity contribution in [2.24, 2.45) is 0 Å². The van der Waals surface area contributed by atoms with E-state index in [-0.39, 0.29) is 5.97 Å². The Bertz CT molecular complexity index is 763. The Morgan fingerprint density at radius 2 is 1.33 bits per heavy atom. The van der Waals surface area contributed by atoms with E-state index in [1.165, 1.54) is 19.3 Å². The summed E-state index contributed by atoms with van der Waals surface area (Å²) >= 11 is 0. The second-order valence-electron chi connectivity index (χ2n) is 8.28. The number of nitrogens with zero attached hydrogens (tertiary/aromatic N) is 2. The molecular weight excluding hydrogens is 416 g/mol. The minimum atomic E-state index is -0.185. The first-order valence-electron chi connectivity index (χ1n) is 12.6. The largest absolute Gasteiger partial charge is 0.490 e. The van der Waals surface area contributed by atoms with Crippen molar-refractivity contribution in [3.05, 3.63) is 36.7 Å². The van der Waals surface area contributed by atoms with Crippen molar-refractivity contribution in [2.75, 3.05) is 19.8 Å². The fourth-order valence-corrected chi connectivity index (χ4v) is 3.32. The molecule has 33 heavy (non-hydrogen) atoms. The lowest BCUT2D eigenvalue weighted by Gasteiger charge is -2.08. The molecule has 0 amide bonds. The fraction of sp³-hybridized carbons (Fsp3) is 0.593. The van der Waals surface area contributed by atoms with Gasteiger partial charge < -0.3 is 14.2 Å². The highest BCUT2D eigenvalue weighted by atomic mass is 16.5. The molecule has 0 aliphatic carbocycles. The van der Waals surface area contributed by atoms with Crippen molar-refractivity contribution in [2.45, 2.75) is 84.5 Å². The first kappa shape index (κ1) is 26.8. The average molecular weight is 457 g/mol. The Labute approximate surface area is 199 Å². The number of rotatable bonds is 18. The van der Waals surface area contributed by atoms with Gasteiger partial charge in [-0.1, -0.05) is 52.4 Å². The summed E-state index contributed by atoms with van der Waals surface area (Å²) in [6, 6.07) is 7.27. The van der Waals surface area contributed by atoms with Gasteiger partial charge in [-0.3, -0.25) is 4.79 Å². The highest BCUT2D eigenvalue weighted by Crippen LogP contribution is 2.21. The van der Waals surface area contributed by atoms with E-state index in [0.29, 0.717) is 30.4 Å². The second-order valence-corrected chi connectivity index (χ2v) is 8.28. The molecule has 2 aromatic rings.